The average molecular weight is 224 g/mol. The fourth-order valence-electron chi connectivity index (χ4n) is 1.39. The predicted octanol–water partition coefficient (Wildman–Crippen LogP) is 2.28. The van der Waals surface area contributed by atoms with E-state index in [9.17, 15) is 9.90 Å². The molecule has 1 rings (SSSR count). The number of phenols is 1. The summed E-state index contributed by atoms with van der Waals surface area (Å²) in [7, 11) is 1.48. The standard InChI is InChI=1S/C12H16O4/c1-4-8-9(16-11(13)5-2)6-7-10(15-3)12(8)14/h6-7,14H,4-5H2,1-3H3. The summed E-state index contributed by atoms with van der Waals surface area (Å²) in [6, 6.07) is 3.21. The highest BCUT2D eigenvalue weighted by atomic mass is 16.5. The Morgan fingerprint density at radius 1 is 1.31 bits per heavy atom. The lowest BCUT2D eigenvalue weighted by Gasteiger charge is -2.12. The molecule has 0 radical (unpaired) electrons. The van der Waals surface area contributed by atoms with Gasteiger partial charge in [-0.2, -0.15) is 0 Å². The lowest BCUT2D eigenvalue weighted by Crippen LogP contribution is -2.07. The second-order valence-corrected chi connectivity index (χ2v) is 3.27. The van der Waals surface area contributed by atoms with Gasteiger partial charge >= 0.3 is 5.97 Å². The van der Waals surface area contributed by atoms with Crippen molar-refractivity contribution in [3.63, 3.8) is 0 Å². The quantitative estimate of drug-likeness (QED) is 0.629. The van der Waals surface area contributed by atoms with Crippen LogP contribution in [0.5, 0.6) is 17.2 Å². The highest BCUT2D eigenvalue weighted by Crippen LogP contribution is 2.36. The van der Waals surface area contributed by atoms with E-state index >= 15 is 0 Å². The van der Waals surface area contributed by atoms with Crippen molar-refractivity contribution in [1.82, 2.24) is 0 Å². The molecule has 0 saturated carbocycles. The van der Waals surface area contributed by atoms with Crippen LogP contribution in [0.1, 0.15) is 25.8 Å². The maximum absolute atomic E-state index is 11.2. The molecule has 0 atom stereocenters. The van der Waals surface area contributed by atoms with Gasteiger partial charge in [-0.15, -0.1) is 0 Å². The highest BCUT2D eigenvalue weighted by molar-refractivity contribution is 5.73. The van der Waals surface area contributed by atoms with E-state index in [4.69, 9.17) is 9.47 Å². The Morgan fingerprint density at radius 2 is 1.94 bits per heavy atom. The van der Waals surface area contributed by atoms with E-state index < -0.39 is 0 Å². The predicted molar refractivity (Wildman–Crippen MR) is 60.0 cm³/mol. The van der Waals surface area contributed by atoms with Gasteiger partial charge in [-0.1, -0.05) is 13.8 Å². The van der Waals surface area contributed by atoms with Crippen LogP contribution in [-0.4, -0.2) is 18.2 Å². The van der Waals surface area contributed by atoms with Crippen LogP contribution < -0.4 is 9.47 Å². The smallest absolute Gasteiger partial charge is 0.310 e. The zero-order chi connectivity index (χ0) is 12.1. The summed E-state index contributed by atoms with van der Waals surface area (Å²) in [5.41, 5.74) is 0.584. The SMILES string of the molecule is CCC(=O)Oc1ccc(OC)c(O)c1CC. The molecule has 0 amide bonds. The first-order valence-corrected chi connectivity index (χ1v) is 5.23. The van der Waals surface area contributed by atoms with Gasteiger partial charge in [0.1, 0.15) is 5.75 Å². The van der Waals surface area contributed by atoms with Crippen molar-refractivity contribution >= 4 is 5.97 Å². The van der Waals surface area contributed by atoms with Crippen LogP contribution >= 0.6 is 0 Å². The minimum atomic E-state index is -0.320. The summed E-state index contributed by atoms with van der Waals surface area (Å²) in [6.45, 7) is 3.59. The first-order valence-electron chi connectivity index (χ1n) is 5.23. The van der Waals surface area contributed by atoms with E-state index in [2.05, 4.69) is 0 Å². The summed E-state index contributed by atoms with van der Waals surface area (Å²) in [6.07, 6.45) is 0.866. The van der Waals surface area contributed by atoms with Crippen LogP contribution in [0.2, 0.25) is 0 Å². The summed E-state index contributed by atoms with van der Waals surface area (Å²) in [5, 5.41) is 9.84. The number of hydrogen-bond acceptors (Lipinski definition) is 4. The molecule has 0 unspecified atom stereocenters. The number of phenolic OH excluding ortho intramolecular Hbond substituents is 1. The Hall–Kier alpha value is -1.71. The van der Waals surface area contributed by atoms with Gasteiger partial charge in [0.2, 0.25) is 0 Å². The largest absolute Gasteiger partial charge is 0.504 e. The summed E-state index contributed by atoms with van der Waals surface area (Å²) < 4.78 is 10.1. The molecule has 0 heterocycles. The molecule has 16 heavy (non-hydrogen) atoms. The minimum absolute atomic E-state index is 0.0337. The van der Waals surface area contributed by atoms with E-state index in [0.29, 0.717) is 29.9 Å². The first-order chi connectivity index (χ1) is 7.63. The van der Waals surface area contributed by atoms with Crippen molar-refractivity contribution in [2.24, 2.45) is 0 Å². The number of carbonyl (C=O) groups is 1. The maximum atomic E-state index is 11.2. The Kier molecular flexibility index (Phi) is 4.17. The number of aromatic hydroxyl groups is 1. The number of carbonyl (C=O) groups excluding carboxylic acids is 1. The summed E-state index contributed by atoms with van der Waals surface area (Å²) >= 11 is 0. The molecule has 0 aromatic heterocycles. The van der Waals surface area contributed by atoms with Crippen LogP contribution in [0.15, 0.2) is 12.1 Å². The molecule has 1 N–H and O–H groups in total. The van der Waals surface area contributed by atoms with Crippen molar-refractivity contribution in [2.75, 3.05) is 7.11 Å². The Bertz CT molecular complexity index is 385. The number of ether oxygens (including phenoxy) is 2. The van der Waals surface area contributed by atoms with Crippen molar-refractivity contribution < 1.29 is 19.4 Å². The Morgan fingerprint density at radius 3 is 2.44 bits per heavy atom. The summed E-state index contributed by atoms with van der Waals surface area (Å²) in [4.78, 5) is 11.2. The molecule has 0 bridgehead atoms. The van der Waals surface area contributed by atoms with Gasteiger partial charge in [0.05, 0.1) is 7.11 Å². The number of rotatable bonds is 4. The van der Waals surface area contributed by atoms with Gasteiger partial charge in [-0.25, -0.2) is 0 Å². The molecule has 0 aliphatic carbocycles. The third kappa shape index (κ3) is 2.45. The Labute approximate surface area is 94.8 Å². The van der Waals surface area contributed by atoms with E-state index in [-0.39, 0.29) is 11.7 Å². The second-order valence-electron chi connectivity index (χ2n) is 3.27. The zero-order valence-electron chi connectivity index (χ0n) is 9.74. The van der Waals surface area contributed by atoms with Crippen molar-refractivity contribution in [1.29, 1.82) is 0 Å². The molecule has 0 spiro atoms. The Balaban J connectivity index is 3.10. The van der Waals surface area contributed by atoms with E-state index in [1.807, 2.05) is 6.92 Å². The molecule has 88 valence electrons. The second kappa shape index (κ2) is 5.39. The maximum Gasteiger partial charge on any atom is 0.310 e. The lowest BCUT2D eigenvalue weighted by atomic mass is 10.1. The molecule has 0 aliphatic heterocycles. The summed E-state index contributed by atoms with van der Waals surface area (Å²) in [5.74, 6) is 0.492. The molecule has 1 aromatic rings. The van der Waals surface area contributed by atoms with Crippen molar-refractivity contribution in [2.45, 2.75) is 26.7 Å². The van der Waals surface area contributed by atoms with Crippen LogP contribution in [0.25, 0.3) is 0 Å². The van der Waals surface area contributed by atoms with E-state index in [1.54, 1.807) is 19.1 Å². The third-order valence-electron chi connectivity index (χ3n) is 2.29. The molecule has 1 aromatic carbocycles. The molecule has 4 nitrogen and oxygen atoms in total. The molecule has 4 heteroatoms. The van der Waals surface area contributed by atoms with Crippen LogP contribution in [-0.2, 0) is 11.2 Å². The number of esters is 1. The lowest BCUT2D eigenvalue weighted by molar-refractivity contribution is -0.134. The van der Waals surface area contributed by atoms with Gasteiger partial charge in [-0.3, -0.25) is 4.79 Å². The van der Waals surface area contributed by atoms with Gasteiger partial charge in [0.25, 0.3) is 0 Å². The molecular weight excluding hydrogens is 208 g/mol. The van der Waals surface area contributed by atoms with Crippen molar-refractivity contribution in [3.8, 4) is 17.2 Å². The normalized spacial score (nSPS) is 9.94. The molecule has 0 aliphatic rings. The molecular formula is C12H16O4. The van der Waals surface area contributed by atoms with Crippen LogP contribution in [0.4, 0.5) is 0 Å². The topological polar surface area (TPSA) is 55.8 Å². The number of benzene rings is 1. The average Bonchev–Trinajstić information content (AvgIpc) is 2.29. The van der Waals surface area contributed by atoms with Gasteiger partial charge < -0.3 is 14.6 Å². The number of hydrogen-bond donors (Lipinski definition) is 1. The highest BCUT2D eigenvalue weighted by Gasteiger charge is 2.14. The van der Waals surface area contributed by atoms with Crippen LogP contribution in [0.3, 0.4) is 0 Å². The van der Waals surface area contributed by atoms with Gasteiger partial charge in [0.15, 0.2) is 11.5 Å². The van der Waals surface area contributed by atoms with Crippen LogP contribution in [0, 0.1) is 0 Å². The zero-order valence-corrected chi connectivity index (χ0v) is 9.74. The third-order valence-corrected chi connectivity index (χ3v) is 2.29. The van der Waals surface area contributed by atoms with Gasteiger partial charge in [0, 0.05) is 12.0 Å². The van der Waals surface area contributed by atoms with Gasteiger partial charge in [-0.05, 0) is 18.6 Å². The fraction of sp³-hybridized carbons (Fsp3) is 0.417. The minimum Gasteiger partial charge on any atom is -0.504 e. The van der Waals surface area contributed by atoms with E-state index in [0.717, 1.165) is 0 Å². The molecule has 0 saturated heterocycles. The number of methoxy groups -OCH3 is 1. The fourth-order valence-corrected chi connectivity index (χ4v) is 1.39. The first kappa shape index (κ1) is 12.4. The monoisotopic (exact) mass is 224 g/mol. The van der Waals surface area contributed by atoms with E-state index in [1.165, 1.54) is 7.11 Å². The molecule has 0 fully saturated rings. The van der Waals surface area contributed by atoms with Crippen molar-refractivity contribution in [3.05, 3.63) is 17.7 Å².